The van der Waals surface area contributed by atoms with Crippen molar-refractivity contribution in [2.24, 2.45) is 0 Å². The molecular formula is C57H39N3. The van der Waals surface area contributed by atoms with Gasteiger partial charge in [-0.1, -0.05) is 188 Å². The summed E-state index contributed by atoms with van der Waals surface area (Å²) in [7, 11) is 0. The predicted octanol–water partition coefficient (Wildman–Crippen LogP) is 15.0. The molecule has 11 aromatic rings. The first kappa shape index (κ1) is 35.2. The van der Waals surface area contributed by atoms with Crippen molar-refractivity contribution in [3.05, 3.63) is 237 Å². The lowest BCUT2D eigenvalue weighted by molar-refractivity contribution is 0.892. The second kappa shape index (κ2) is 15.1. The summed E-state index contributed by atoms with van der Waals surface area (Å²) < 4.78 is 4.45. The summed E-state index contributed by atoms with van der Waals surface area (Å²) in [6, 6.07) is 84.6. The molecule has 2 aromatic heterocycles. The summed E-state index contributed by atoms with van der Waals surface area (Å²) in [5, 5.41) is 7.74. The minimum Gasteiger partial charge on any atom is -0.309 e. The third kappa shape index (κ3) is 6.30. The van der Waals surface area contributed by atoms with E-state index in [4.69, 9.17) is 5.10 Å². The number of para-hydroxylation sites is 2. The van der Waals surface area contributed by atoms with Gasteiger partial charge in [0, 0.05) is 27.6 Å². The van der Waals surface area contributed by atoms with Crippen molar-refractivity contribution in [1.82, 2.24) is 14.3 Å². The number of hydrogen-bond donors (Lipinski definition) is 0. The topological polar surface area (TPSA) is 22.8 Å². The molecular weight excluding hydrogens is 727 g/mol. The van der Waals surface area contributed by atoms with Gasteiger partial charge in [-0.25, -0.2) is 4.68 Å². The number of fused-ring (bicyclic) bond motifs is 3. The number of benzene rings is 9. The van der Waals surface area contributed by atoms with E-state index < -0.39 is 0 Å². The van der Waals surface area contributed by atoms with Gasteiger partial charge in [0.05, 0.1) is 28.1 Å². The van der Waals surface area contributed by atoms with Crippen molar-refractivity contribution in [2.75, 3.05) is 0 Å². The van der Waals surface area contributed by atoms with Crippen LogP contribution in [0.5, 0.6) is 0 Å². The van der Waals surface area contributed by atoms with Crippen molar-refractivity contribution < 1.29 is 0 Å². The highest BCUT2D eigenvalue weighted by molar-refractivity contribution is 6.09. The van der Waals surface area contributed by atoms with E-state index in [2.05, 4.69) is 240 Å². The Kier molecular flexibility index (Phi) is 8.83. The van der Waals surface area contributed by atoms with Gasteiger partial charge in [0.2, 0.25) is 0 Å². The monoisotopic (exact) mass is 765 g/mol. The van der Waals surface area contributed by atoms with Crippen molar-refractivity contribution in [1.29, 1.82) is 0 Å². The molecule has 282 valence electrons. The van der Waals surface area contributed by atoms with Gasteiger partial charge in [0.1, 0.15) is 0 Å². The van der Waals surface area contributed by atoms with Crippen molar-refractivity contribution in [2.45, 2.75) is 0 Å². The van der Waals surface area contributed by atoms with E-state index in [0.717, 1.165) is 39.5 Å². The Morgan fingerprint density at radius 1 is 0.283 bits per heavy atom. The zero-order valence-electron chi connectivity index (χ0n) is 32.9. The number of aromatic nitrogens is 3. The molecule has 2 heterocycles. The quantitative estimate of drug-likeness (QED) is 0.151. The minimum absolute atomic E-state index is 0.935. The molecule has 0 atom stereocenters. The summed E-state index contributed by atoms with van der Waals surface area (Å²) in [6.07, 6.45) is 0. The van der Waals surface area contributed by atoms with E-state index in [9.17, 15) is 0 Å². The maximum atomic E-state index is 5.21. The molecule has 0 aliphatic heterocycles. The molecule has 0 saturated carbocycles. The molecule has 0 radical (unpaired) electrons. The Hall–Kier alpha value is -8.01. The lowest BCUT2D eigenvalue weighted by Gasteiger charge is -2.16. The number of rotatable bonds is 8. The van der Waals surface area contributed by atoms with Crippen molar-refractivity contribution in [3.63, 3.8) is 0 Å². The fraction of sp³-hybridized carbons (Fsp3) is 0. The Morgan fingerprint density at radius 3 is 1.32 bits per heavy atom. The number of nitrogens with zero attached hydrogens (tertiary/aromatic N) is 3. The zero-order chi connectivity index (χ0) is 39.8. The SMILES string of the molecule is c1ccc(-c2cccc(-c3cc(-c4ccccc4)nn3-c3ccc(-c4ccccc4-c4ccccc4-c4ccc(-n5c6ccccc6c6ccccc65)cc4)cc3)c2)cc1. The second-order valence-corrected chi connectivity index (χ2v) is 15.2. The van der Waals surface area contributed by atoms with Crippen LogP contribution in [0.15, 0.2) is 237 Å². The summed E-state index contributed by atoms with van der Waals surface area (Å²) >= 11 is 0. The number of hydrogen-bond acceptors (Lipinski definition) is 1. The van der Waals surface area contributed by atoms with E-state index >= 15 is 0 Å². The minimum atomic E-state index is 0.935. The summed E-state index contributed by atoms with van der Waals surface area (Å²) in [6.45, 7) is 0. The molecule has 11 rings (SSSR count). The molecule has 3 nitrogen and oxygen atoms in total. The first-order valence-corrected chi connectivity index (χ1v) is 20.5. The van der Waals surface area contributed by atoms with E-state index in [1.807, 2.05) is 6.07 Å². The van der Waals surface area contributed by atoms with Gasteiger partial charge >= 0.3 is 0 Å². The highest BCUT2D eigenvalue weighted by Gasteiger charge is 2.17. The molecule has 0 fully saturated rings. The third-order valence-corrected chi connectivity index (χ3v) is 11.6. The molecule has 0 aliphatic carbocycles. The normalized spacial score (nSPS) is 11.3. The fourth-order valence-corrected chi connectivity index (χ4v) is 8.73. The second-order valence-electron chi connectivity index (χ2n) is 15.2. The van der Waals surface area contributed by atoms with Crippen LogP contribution >= 0.6 is 0 Å². The van der Waals surface area contributed by atoms with E-state index in [1.165, 1.54) is 60.8 Å². The van der Waals surface area contributed by atoms with Gasteiger partial charge in [0.15, 0.2) is 0 Å². The third-order valence-electron chi connectivity index (χ3n) is 11.6. The molecule has 0 N–H and O–H groups in total. The molecule has 3 heteroatoms. The Morgan fingerprint density at radius 2 is 0.733 bits per heavy atom. The van der Waals surface area contributed by atoms with E-state index in [0.29, 0.717) is 0 Å². The average molecular weight is 766 g/mol. The average Bonchev–Trinajstić information content (AvgIpc) is 3.93. The standard InChI is InChI=1S/C57H39N3/c1-3-16-40(17-4-1)44-20-15-21-45(38-44)57-39-54(43-18-5-2-6-19-43)58-60(57)47-36-32-42(33-37-47)49-23-8-10-25-51(49)50-24-9-7-22-48(50)41-30-34-46(35-31-41)59-55-28-13-11-26-52(55)53-27-12-14-29-56(53)59/h1-39H. The maximum absolute atomic E-state index is 5.21. The summed E-state index contributed by atoms with van der Waals surface area (Å²) in [4.78, 5) is 0. The van der Waals surface area contributed by atoms with E-state index in [1.54, 1.807) is 0 Å². The Labute approximate surface area is 349 Å². The van der Waals surface area contributed by atoms with Crippen LogP contribution in [0.4, 0.5) is 0 Å². The van der Waals surface area contributed by atoms with Crippen LogP contribution in [0.3, 0.4) is 0 Å². The molecule has 0 saturated heterocycles. The molecule has 0 spiro atoms. The van der Waals surface area contributed by atoms with Gasteiger partial charge < -0.3 is 4.57 Å². The van der Waals surface area contributed by atoms with Gasteiger partial charge in [-0.3, -0.25) is 0 Å². The highest BCUT2D eigenvalue weighted by Crippen LogP contribution is 2.40. The molecule has 9 aromatic carbocycles. The van der Waals surface area contributed by atoms with Crippen LogP contribution in [-0.2, 0) is 0 Å². The lowest BCUT2D eigenvalue weighted by atomic mass is 9.89. The molecule has 60 heavy (non-hydrogen) atoms. The van der Waals surface area contributed by atoms with Crippen molar-refractivity contribution >= 4 is 21.8 Å². The first-order chi connectivity index (χ1) is 29.8. The smallest absolute Gasteiger partial charge is 0.0934 e. The fourth-order valence-electron chi connectivity index (χ4n) is 8.73. The van der Waals surface area contributed by atoms with Crippen LogP contribution in [0.2, 0.25) is 0 Å². The van der Waals surface area contributed by atoms with Gasteiger partial charge in [-0.15, -0.1) is 0 Å². The Balaban J connectivity index is 0.955. The van der Waals surface area contributed by atoms with Gasteiger partial charge in [-0.2, -0.15) is 5.10 Å². The molecule has 0 aliphatic rings. The van der Waals surface area contributed by atoms with Gasteiger partial charge in [-0.05, 0) is 93.0 Å². The van der Waals surface area contributed by atoms with Gasteiger partial charge in [0.25, 0.3) is 0 Å². The maximum Gasteiger partial charge on any atom is 0.0934 e. The van der Waals surface area contributed by atoms with Crippen LogP contribution in [0, 0.1) is 0 Å². The zero-order valence-corrected chi connectivity index (χ0v) is 32.9. The largest absolute Gasteiger partial charge is 0.309 e. The molecule has 0 bridgehead atoms. The van der Waals surface area contributed by atoms with E-state index in [-0.39, 0.29) is 0 Å². The summed E-state index contributed by atoms with van der Waals surface area (Å²) in [5.41, 5.74) is 18.2. The van der Waals surface area contributed by atoms with Crippen LogP contribution in [0.1, 0.15) is 0 Å². The van der Waals surface area contributed by atoms with Crippen molar-refractivity contribution in [3.8, 4) is 78.4 Å². The predicted molar refractivity (Wildman–Crippen MR) is 251 cm³/mol. The molecule has 0 unspecified atom stereocenters. The Bertz CT molecular complexity index is 3230. The lowest BCUT2D eigenvalue weighted by Crippen LogP contribution is -1.99. The molecule has 0 amide bonds. The van der Waals surface area contributed by atoms with Crippen LogP contribution in [0.25, 0.3) is 100 Å². The first-order valence-electron chi connectivity index (χ1n) is 20.5. The summed E-state index contributed by atoms with van der Waals surface area (Å²) in [5.74, 6) is 0. The van der Waals surface area contributed by atoms with Crippen LogP contribution < -0.4 is 0 Å². The van der Waals surface area contributed by atoms with Crippen LogP contribution in [-0.4, -0.2) is 14.3 Å². The highest BCUT2D eigenvalue weighted by atomic mass is 15.3.